The molecule has 1 aromatic carbocycles. The van der Waals surface area contributed by atoms with Crippen molar-refractivity contribution in [2.45, 2.75) is 69.6 Å². The minimum atomic E-state index is -3.39. The van der Waals surface area contributed by atoms with Gasteiger partial charge in [0, 0.05) is 11.6 Å². The Morgan fingerprint density at radius 3 is 1.91 bits per heavy atom. The molecule has 0 saturated carbocycles. The third kappa shape index (κ3) is 8.16. The summed E-state index contributed by atoms with van der Waals surface area (Å²) in [6.45, 7) is 2.73. The van der Waals surface area contributed by atoms with Crippen LogP contribution in [0.4, 0.5) is 0 Å². The summed E-state index contributed by atoms with van der Waals surface area (Å²) in [5.74, 6) is 0. The van der Waals surface area contributed by atoms with Crippen LogP contribution in [-0.4, -0.2) is 15.0 Å². The SMILES string of the molecule is CCCCCCCCCCCNS(=O)(=O)c1ccc(Cl)cc1. The van der Waals surface area contributed by atoms with Crippen LogP contribution in [0.25, 0.3) is 0 Å². The van der Waals surface area contributed by atoms with E-state index in [9.17, 15) is 8.42 Å². The number of hydrogen-bond acceptors (Lipinski definition) is 2. The molecule has 0 amide bonds. The second-order valence-corrected chi connectivity index (χ2v) is 7.88. The fourth-order valence-corrected chi connectivity index (χ4v) is 3.54. The van der Waals surface area contributed by atoms with Crippen molar-refractivity contribution < 1.29 is 8.42 Å². The van der Waals surface area contributed by atoms with Crippen molar-refractivity contribution in [1.82, 2.24) is 4.72 Å². The fraction of sp³-hybridized carbons (Fsp3) is 0.647. The predicted octanol–water partition coefficient (Wildman–Crippen LogP) is 5.15. The van der Waals surface area contributed by atoms with E-state index in [0.717, 1.165) is 12.8 Å². The lowest BCUT2D eigenvalue weighted by molar-refractivity contribution is 0.554. The molecule has 0 spiro atoms. The molecule has 0 bridgehead atoms. The van der Waals surface area contributed by atoms with E-state index in [0.29, 0.717) is 11.6 Å². The highest BCUT2D eigenvalue weighted by Crippen LogP contribution is 2.14. The average molecular weight is 346 g/mol. The first-order chi connectivity index (χ1) is 10.6. The molecule has 0 aliphatic heterocycles. The van der Waals surface area contributed by atoms with E-state index in [2.05, 4.69) is 11.6 Å². The summed E-state index contributed by atoms with van der Waals surface area (Å²) in [6, 6.07) is 6.24. The van der Waals surface area contributed by atoms with Crippen LogP contribution in [0.15, 0.2) is 29.2 Å². The highest BCUT2D eigenvalue weighted by atomic mass is 35.5. The Morgan fingerprint density at radius 2 is 1.36 bits per heavy atom. The van der Waals surface area contributed by atoms with E-state index in [1.165, 1.54) is 57.1 Å². The smallest absolute Gasteiger partial charge is 0.211 e. The quantitative estimate of drug-likeness (QED) is 0.532. The lowest BCUT2D eigenvalue weighted by atomic mass is 10.1. The Morgan fingerprint density at radius 1 is 0.864 bits per heavy atom. The van der Waals surface area contributed by atoms with Crippen LogP contribution in [0.2, 0.25) is 5.02 Å². The number of sulfonamides is 1. The zero-order valence-corrected chi connectivity index (χ0v) is 15.1. The van der Waals surface area contributed by atoms with Crippen LogP contribution in [0.3, 0.4) is 0 Å². The van der Waals surface area contributed by atoms with Crippen molar-refractivity contribution >= 4 is 21.6 Å². The summed E-state index contributed by atoms with van der Waals surface area (Å²) in [4.78, 5) is 0.271. The monoisotopic (exact) mass is 345 g/mol. The molecular formula is C17H28ClNO2S. The molecule has 0 atom stereocenters. The molecule has 22 heavy (non-hydrogen) atoms. The Hall–Kier alpha value is -0.580. The molecule has 0 aliphatic rings. The number of unbranched alkanes of at least 4 members (excludes halogenated alkanes) is 8. The first-order valence-corrected chi connectivity index (χ1v) is 10.2. The standard InChI is InChI=1S/C17H28ClNO2S/c1-2-3-4-5-6-7-8-9-10-15-19-22(20,21)17-13-11-16(18)12-14-17/h11-14,19H,2-10,15H2,1H3. The number of hydrogen-bond donors (Lipinski definition) is 1. The van der Waals surface area contributed by atoms with Gasteiger partial charge in [-0.2, -0.15) is 0 Å². The van der Waals surface area contributed by atoms with E-state index in [1.807, 2.05) is 0 Å². The van der Waals surface area contributed by atoms with Crippen LogP contribution in [0.1, 0.15) is 64.7 Å². The minimum Gasteiger partial charge on any atom is -0.211 e. The largest absolute Gasteiger partial charge is 0.240 e. The van der Waals surface area contributed by atoms with Crippen molar-refractivity contribution in [3.8, 4) is 0 Å². The Labute approximate surface area is 140 Å². The van der Waals surface area contributed by atoms with E-state index >= 15 is 0 Å². The van der Waals surface area contributed by atoms with Gasteiger partial charge in [0.25, 0.3) is 0 Å². The maximum absolute atomic E-state index is 12.0. The zero-order valence-electron chi connectivity index (χ0n) is 13.5. The summed E-state index contributed by atoms with van der Waals surface area (Å²) in [5, 5.41) is 0.540. The molecular weight excluding hydrogens is 318 g/mol. The summed E-state index contributed by atoms with van der Waals surface area (Å²) in [7, 11) is -3.39. The molecule has 1 N–H and O–H groups in total. The topological polar surface area (TPSA) is 46.2 Å². The van der Waals surface area contributed by atoms with E-state index in [4.69, 9.17) is 11.6 Å². The van der Waals surface area contributed by atoms with E-state index in [-0.39, 0.29) is 4.90 Å². The Bertz CT molecular complexity index is 500. The van der Waals surface area contributed by atoms with E-state index in [1.54, 1.807) is 12.1 Å². The van der Waals surface area contributed by atoms with Crippen LogP contribution in [0, 0.1) is 0 Å². The molecule has 0 radical (unpaired) electrons. The molecule has 0 unspecified atom stereocenters. The van der Waals surface area contributed by atoms with Gasteiger partial charge in [-0.3, -0.25) is 0 Å². The fourth-order valence-electron chi connectivity index (χ4n) is 2.34. The first kappa shape index (κ1) is 19.5. The third-order valence-corrected chi connectivity index (χ3v) is 5.43. The second kappa shape index (κ2) is 11.0. The molecule has 126 valence electrons. The highest BCUT2D eigenvalue weighted by molar-refractivity contribution is 7.89. The molecule has 1 aromatic rings. The zero-order chi connectivity index (χ0) is 16.3. The molecule has 0 heterocycles. The van der Waals surface area contributed by atoms with Crippen LogP contribution >= 0.6 is 11.6 Å². The second-order valence-electron chi connectivity index (χ2n) is 5.68. The van der Waals surface area contributed by atoms with Crippen molar-refractivity contribution in [3.05, 3.63) is 29.3 Å². The maximum Gasteiger partial charge on any atom is 0.240 e. The van der Waals surface area contributed by atoms with Gasteiger partial charge in [-0.05, 0) is 30.7 Å². The summed E-state index contributed by atoms with van der Waals surface area (Å²) in [5.41, 5.74) is 0. The van der Waals surface area contributed by atoms with Crippen LogP contribution in [-0.2, 0) is 10.0 Å². The van der Waals surface area contributed by atoms with Gasteiger partial charge in [0.2, 0.25) is 10.0 Å². The molecule has 0 saturated heterocycles. The van der Waals surface area contributed by atoms with Gasteiger partial charge in [-0.25, -0.2) is 13.1 Å². The summed E-state index contributed by atoms with van der Waals surface area (Å²) >= 11 is 5.76. The Balaban J connectivity index is 2.10. The van der Waals surface area contributed by atoms with Crippen LogP contribution in [0.5, 0.6) is 0 Å². The van der Waals surface area contributed by atoms with Gasteiger partial charge in [0.15, 0.2) is 0 Å². The molecule has 5 heteroatoms. The molecule has 3 nitrogen and oxygen atoms in total. The van der Waals surface area contributed by atoms with Gasteiger partial charge in [-0.15, -0.1) is 0 Å². The lowest BCUT2D eigenvalue weighted by Crippen LogP contribution is -2.24. The molecule has 1 rings (SSSR count). The number of benzene rings is 1. The van der Waals surface area contributed by atoms with Crippen molar-refractivity contribution in [3.63, 3.8) is 0 Å². The highest BCUT2D eigenvalue weighted by Gasteiger charge is 2.12. The molecule has 0 aromatic heterocycles. The number of rotatable bonds is 12. The minimum absolute atomic E-state index is 0.271. The van der Waals surface area contributed by atoms with Gasteiger partial charge in [-0.1, -0.05) is 69.9 Å². The molecule has 0 fully saturated rings. The number of halogens is 1. The lowest BCUT2D eigenvalue weighted by Gasteiger charge is -2.07. The summed E-state index contributed by atoms with van der Waals surface area (Å²) in [6.07, 6.45) is 11.0. The van der Waals surface area contributed by atoms with Gasteiger partial charge < -0.3 is 0 Å². The number of nitrogens with one attached hydrogen (secondary N) is 1. The van der Waals surface area contributed by atoms with Crippen molar-refractivity contribution in [2.24, 2.45) is 0 Å². The third-order valence-electron chi connectivity index (χ3n) is 3.70. The van der Waals surface area contributed by atoms with Gasteiger partial charge in [0.05, 0.1) is 4.90 Å². The van der Waals surface area contributed by atoms with Gasteiger partial charge in [0.1, 0.15) is 0 Å². The normalized spacial score (nSPS) is 11.7. The van der Waals surface area contributed by atoms with Crippen molar-refractivity contribution in [2.75, 3.05) is 6.54 Å². The van der Waals surface area contributed by atoms with E-state index < -0.39 is 10.0 Å². The summed E-state index contributed by atoms with van der Waals surface area (Å²) < 4.78 is 26.7. The first-order valence-electron chi connectivity index (χ1n) is 8.31. The van der Waals surface area contributed by atoms with Crippen molar-refractivity contribution in [1.29, 1.82) is 0 Å². The van der Waals surface area contributed by atoms with Gasteiger partial charge >= 0.3 is 0 Å². The Kier molecular flexibility index (Phi) is 9.76. The molecule has 0 aliphatic carbocycles. The average Bonchev–Trinajstić information content (AvgIpc) is 2.49. The maximum atomic E-state index is 12.0. The predicted molar refractivity (Wildman–Crippen MR) is 93.9 cm³/mol. The van der Waals surface area contributed by atoms with Crippen LogP contribution < -0.4 is 4.72 Å².